The minimum atomic E-state index is -4.74. The molecule has 0 spiro atoms. The van der Waals surface area contributed by atoms with Crippen molar-refractivity contribution in [1.82, 2.24) is 4.98 Å². The second kappa shape index (κ2) is 7.35. The summed E-state index contributed by atoms with van der Waals surface area (Å²) in [5.41, 5.74) is 1.48. The van der Waals surface area contributed by atoms with Gasteiger partial charge >= 0.3 is 6.36 Å². The Hall–Kier alpha value is -3.22. The first-order valence-corrected chi connectivity index (χ1v) is 7.58. The number of pyridine rings is 1. The Morgan fingerprint density at radius 1 is 0.808 bits per heavy atom. The van der Waals surface area contributed by atoms with Crippen LogP contribution in [0.25, 0.3) is 11.1 Å². The van der Waals surface area contributed by atoms with Crippen molar-refractivity contribution in [2.24, 2.45) is 0 Å². The summed E-state index contributed by atoms with van der Waals surface area (Å²) >= 11 is 0. The molecule has 0 unspecified atom stereocenters. The lowest BCUT2D eigenvalue weighted by molar-refractivity contribution is -0.274. The van der Waals surface area contributed by atoms with Gasteiger partial charge in [0.25, 0.3) is 0 Å². The molecule has 0 aliphatic rings. The predicted molar refractivity (Wildman–Crippen MR) is 89.4 cm³/mol. The summed E-state index contributed by atoms with van der Waals surface area (Å²) in [7, 11) is 1.56. The van der Waals surface area contributed by atoms with Crippen LogP contribution in [0.2, 0.25) is 0 Å². The minimum Gasteiger partial charge on any atom is -0.496 e. The number of rotatable bonds is 5. The van der Waals surface area contributed by atoms with Crippen molar-refractivity contribution in [3.8, 4) is 34.3 Å². The van der Waals surface area contributed by atoms with Crippen LogP contribution in [0.3, 0.4) is 0 Å². The van der Waals surface area contributed by atoms with Crippen LogP contribution >= 0.6 is 0 Å². The first kappa shape index (κ1) is 17.6. The number of nitrogens with zero attached hydrogens (tertiary/aromatic N) is 1. The van der Waals surface area contributed by atoms with Crippen LogP contribution < -0.4 is 14.2 Å². The smallest absolute Gasteiger partial charge is 0.496 e. The molecule has 0 saturated carbocycles. The van der Waals surface area contributed by atoms with Crippen molar-refractivity contribution in [3.63, 3.8) is 0 Å². The molecule has 7 heteroatoms. The van der Waals surface area contributed by atoms with E-state index in [1.807, 2.05) is 30.3 Å². The molecule has 0 atom stereocenters. The monoisotopic (exact) mass is 361 g/mol. The number of alkyl halides is 3. The molecule has 3 rings (SSSR count). The van der Waals surface area contributed by atoms with E-state index in [0.29, 0.717) is 22.9 Å². The normalized spacial score (nSPS) is 11.1. The van der Waals surface area contributed by atoms with E-state index in [-0.39, 0.29) is 5.75 Å². The molecule has 3 aromatic rings. The van der Waals surface area contributed by atoms with Crippen LogP contribution in [0.4, 0.5) is 13.2 Å². The lowest BCUT2D eigenvalue weighted by atomic mass is 10.1. The zero-order valence-electron chi connectivity index (χ0n) is 13.7. The number of methoxy groups -OCH3 is 1. The molecule has 0 fully saturated rings. The third kappa shape index (κ3) is 4.24. The second-order valence-corrected chi connectivity index (χ2v) is 5.18. The molecule has 4 nitrogen and oxygen atoms in total. The molecular weight excluding hydrogens is 347 g/mol. The molecule has 0 N–H and O–H groups in total. The molecule has 134 valence electrons. The van der Waals surface area contributed by atoms with E-state index >= 15 is 0 Å². The minimum absolute atomic E-state index is 0.307. The Kier molecular flexibility index (Phi) is 4.97. The van der Waals surface area contributed by atoms with Crippen LogP contribution in [-0.2, 0) is 0 Å². The van der Waals surface area contributed by atoms with Crippen molar-refractivity contribution in [1.29, 1.82) is 0 Å². The summed E-state index contributed by atoms with van der Waals surface area (Å²) in [6, 6.07) is 16.1. The van der Waals surface area contributed by atoms with Gasteiger partial charge in [-0.05, 0) is 42.5 Å². The van der Waals surface area contributed by atoms with E-state index in [1.54, 1.807) is 19.4 Å². The fourth-order valence-electron chi connectivity index (χ4n) is 2.37. The summed E-state index contributed by atoms with van der Waals surface area (Å²) in [6.07, 6.45) is -3.17. The number of para-hydroxylation sites is 1. The highest BCUT2D eigenvalue weighted by Gasteiger charge is 2.31. The molecule has 1 aromatic heterocycles. The molecule has 2 aromatic carbocycles. The maximum Gasteiger partial charge on any atom is 0.573 e. The van der Waals surface area contributed by atoms with Crippen LogP contribution in [0, 0.1) is 0 Å². The number of ether oxygens (including phenoxy) is 3. The Morgan fingerprint density at radius 3 is 2.15 bits per heavy atom. The van der Waals surface area contributed by atoms with E-state index in [1.165, 1.54) is 24.3 Å². The van der Waals surface area contributed by atoms with Crippen LogP contribution in [0.1, 0.15) is 0 Å². The van der Waals surface area contributed by atoms with Crippen LogP contribution in [0.15, 0.2) is 66.9 Å². The molecule has 0 bridgehead atoms. The fraction of sp³-hybridized carbons (Fsp3) is 0.105. The van der Waals surface area contributed by atoms with Crippen LogP contribution in [0.5, 0.6) is 23.1 Å². The molecule has 1 heterocycles. The molecule has 0 aliphatic carbocycles. The zero-order valence-corrected chi connectivity index (χ0v) is 13.7. The molecule has 0 radical (unpaired) electrons. The summed E-state index contributed by atoms with van der Waals surface area (Å²) in [4.78, 5) is 4.22. The Morgan fingerprint density at radius 2 is 1.46 bits per heavy atom. The predicted octanol–water partition coefficient (Wildman–Crippen LogP) is 5.45. The fourth-order valence-corrected chi connectivity index (χ4v) is 2.37. The van der Waals surface area contributed by atoms with Crippen molar-refractivity contribution in [3.05, 3.63) is 66.9 Å². The summed E-state index contributed by atoms with van der Waals surface area (Å²) in [5.74, 6) is 0.964. The molecule has 0 saturated heterocycles. The highest BCUT2D eigenvalue weighted by Crippen LogP contribution is 2.37. The highest BCUT2D eigenvalue weighted by molar-refractivity contribution is 5.74. The van der Waals surface area contributed by atoms with Gasteiger partial charge < -0.3 is 14.2 Å². The van der Waals surface area contributed by atoms with Gasteiger partial charge in [-0.3, -0.25) is 0 Å². The first-order chi connectivity index (χ1) is 12.5. The van der Waals surface area contributed by atoms with Gasteiger partial charge in [0.05, 0.1) is 7.11 Å². The molecule has 0 amide bonds. The van der Waals surface area contributed by atoms with Gasteiger partial charge in [-0.1, -0.05) is 18.2 Å². The summed E-state index contributed by atoms with van der Waals surface area (Å²) in [6.45, 7) is 0. The van der Waals surface area contributed by atoms with Crippen molar-refractivity contribution in [2.75, 3.05) is 7.11 Å². The zero-order chi connectivity index (χ0) is 18.6. The van der Waals surface area contributed by atoms with E-state index in [4.69, 9.17) is 9.47 Å². The maximum atomic E-state index is 12.2. The Bertz CT molecular complexity index is 880. The number of benzene rings is 2. The Labute approximate surface area is 147 Å². The van der Waals surface area contributed by atoms with Crippen LogP contribution in [-0.4, -0.2) is 18.5 Å². The standard InChI is InChI=1S/C19H14F3NO3/c1-24-17-7-3-2-5-15(17)16-6-4-12-23-18(16)25-13-8-10-14(11-9-13)26-19(20,21)22/h2-12H,1H3. The maximum absolute atomic E-state index is 12.2. The lowest BCUT2D eigenvalue weighted by Crippen LogP contribution is -2.16. The largest absolute Gasteiger partial charge is 0.573 e. The Balaban J connectivity index is 1.87. The molecule has 0 aliphatic heterocycles. The van der Waals surface area contributed by atoms with Gasteiger partial charge in [0.15, 0.2) is 0 Å². The molecular formula is C19H14F3NO3. The van der Waals surface area contributed by atoms with Gasteiger partial charge in [-0.2, -0.15) is 0 Å². The second-order valence-electron chi connectivity index (χ2n) is 5.18. The number of aromatic nitrogens is 1. The van der Waals surface area contributed by atoms with Crippen molar-refractivity contribution >= 4 is 0 Å². The highest BCUT2D eigenvalue weighted by atomic mass is 19.4. The topological polar surface area (TPSA) is 40.6 Å². The number of hydrogen-bond donors (Lipinski definition) is 0. The van der Waals surface area contributed by atoms with E-state index in [0.717, 1.165) is 5.56 Å². The van der Waals surface area contributed by atoms with Crippen molar-refractivity contribution in [2.45, 2.75) is 6.36 Å². The molecule has 26 heavy (non-hydrogen) atoms. The lowest BCUT2D eigenvalue weighted by Gasteiger charge is -2.13. The first-order valence-electron chi connectivity index (χ1n) is 7.58. The average Bonchev–Trinajstić information content (AvgIpc) is 2.63. The van der Waals surface area contributed by atoms with Gasteiger partial charge in [0.2, 0.25) is 5.88 Å². The van der Waals surface area contributed by atoms with Gasteiger partial charge in [0.1, 0.15) is 17.2 Å². The number of halogens is 3. The van der Waals surface area contributed by atoms with E-state index in [2.05, 4.69) is 9.72 Å². The quantitative estimate of drug-likeness (QED) is 0.606. The van der Waals surface area contributed by atoms with Gasteiger partial charge in [-0.15, -0.1) is 13.2 Å². The number of hydrogen-bond acceptors (Lipinski definition) is 4. The average molecular weight is 361 g/mol. The van der Waals surface area contributed by atoms with E-state index in [9.17, 15) is 13.2 Å². The third-order valence-electron chi connectivity index (χ3n) is 3.44. The summed E-state index contributed by atoms with van der Waals surface area (Å²) < 4.78 is 51.6. The van der Waals surface area contributed by atoms with E-state index < -0.39 is 6.36 Å². The van der Waals surface area contributed by atoms with Crippen molar-refractivity contribution < 1.29 is 27.4 Å². The summed E-state index contributed by atoms with van der Waals surface area (Å²) in [5, 5.41) is 0. The van der Waals surface area contributed by atoms with Gasteiger partial charge in [-0.25, -0.2) is 4.98 Å². The third-order valence-corrected chi connectivity index (χ3v) is 3.44. The SMILES string of the molecule is COc1ccccc1-c1cccnc1Oc1ccc(OC(F)(F)F)cc1. The van der Waals surface area contributed by atoms with Gasteiger partial charge in [0, 0.05) is 17.3 Å².